The van der Waals surface area contributed by atoms with E-state index in [4.69, 9.17) is 16.1 Å². The highest BCUT2D eigenvalue weighted by Gasteiger charge is 2.24. The van der Waals surface area contributed by atoms with E-state index in [2.05, 4.69) is 15.0 Å². The van der Waals surface area contributed by atoms with Crippen LogP contribution in [0.1, 0.15) is 16.9 Å². The summed E-state index contributed by atoms with van der Waals surface area (Å²) in [5.41, 5.74) is 1.95. The van der Waals surface area contributed by atoms with Gasteiger partial charge in [0.1, 0.15) is 0 Å². The first-order valence-electron chi connectivity index (χ1n) is 9.56. The highest BCUT2D eigenvalue weighted by atomic mass is 35.5. The van der Waals surface area contributed by atoms with E-state index in [9.17, 15) is 4.79 Å². The summed E-state index contributed by atoms with van der Waals surface area (Å²) in [5.74, 6) is 0.327. The molecular formula is C22H22Cl2N4O2S. The van der Waals surface area contributed by atoms with E-state index in [1.54, 1.807) is 17.0 Å². The number of aromatic nitrogens is 2. The lowest BCUT2D eigenvalue weighted by atomic mass is 10.1. The second-order valence-corrected chi connectivity index (χ2v) is 8.61. The summed E-state index contributed by atoms with van der Waals surface area (Å²) in [6.07, 6.45) is 0.804. The van der Waals surface area contributed by atoms with Crippen LogP contribution in [0.4, 0.5) is 5.13 Å². The minimum Gasteiger partial charge on any atom is -0.355 e. The minimum atomic E-state index is -0.232. The Kier molecular flexibility index (Phi) is 7.67. The van der Waals surface area contributed by atoms with Crippen LogP contribution in [0.25, 0.3) is 21.5 Å². The van der Waals surface area contributed by atoms with Crippen molar-refractivity contribution < 1.29 is 9.32 Å². The molecule has 0 spiro atoms. The van der Waals surface area contributed by atoms with Crippen LogP contribution < -0.4 is 4.90 Å². The Labute approximate surface area is 195 Å². The van der Waals surface area contributed by atoms with Gasteiger partial charge >= 0.3 is 0 Å². The summed E-state index contributed by atoms with van der Waals surface area (Å²) in [6, 6.07) is 16.8. The van der Waals surface area contributed by atoms with E-state index >= 15 is 0 Å². The maximum absolute atomic E-state index is 13.3. The van der Waals surface area contributed by atoms with E-state index in [-0.39, 0.29) is 24.0 Å². The average Bonchev–Trinajstić information content (AvgIpc) is 3.38. The largest absolute Gasteiger partial charge is 0.355 e. The molecule has 2 heterocycles. The standard InChI is InChI=1S/C22H21ClN4O2S.ClH/c1-26(2)11-6-12-27(22-24-17-10-9-16(23)13-20(17)30-22)21(28)18-14-19(29-25-18)15-7-4-3-5-8-15;/h3-5,7-10,13-14H,6,11-12H2,1-2H3;1H. The number of hydrogen-bond donors (Lipinski definition) is 0. The highest BCUT2D eigenvalue weighted by Crippen LogP contribution is 2.32. The Balaban J connectivity index is 0.00000272. The molecule has 6 nitrogen and oxygen atoms in total. The first-order chi connectivity index (χ1) is 14.5. The molecule has 9 heteroatoms. The van der Waals surface area contributed by atoms with Gasteiger partial charge in [-0.2, -0.15) is 0 Å². The van der Waals surface area contributed by atoms with Crippen molar-refractivity contribution in [2.75, 3.05) is 32.1 Å². The van der Waals surface area contributed by atoms with Crippen LogP contribution in [0.15, 0.2) is 59.1 Å². The van der Waals surface area contributed by atoms with Gasteiger partial charge in [0.2, 0.25) is 0 Å². The number of fused-ring (bicyclic) bond motifs is 1. The van der Waals surface area contributed by atoms with Crippen molar-refractivity contribution in [1.29, 1.82) is 0 Å². The van der Waals surface area contributed by atoms with Crippen LogP contribution in [0.5, 0.6) is 0 Å². The number of hydrogen-bond acceptors (Lipinski definition) is 6. The monoisotopic (exact) mass is 476 g/mol. The summed E-state index contributed by atoms with van der Waals surface area (Å²) in [5, 5.41) is 5.30. The molecule has 0 radical (unpaired) electrons. The smallest absolute Gasteiger partial charge is 0.282 e. The first kappa shape index (κ1) is 23.2. The molecule has 0 atom stereocenters. The van der Waals surface area contributed by atoms with E-state index < -0.39 is 0 Å². The summed E-state index contributed by atoms with van der Waals surface area (Å²) < 4.78 is 6.37. The first-order valence-corrected chi connectivity index (χ1v) is 10.8. The normalized spacial score (nSPS) is 11.0. The molecule has 1 amide bonds. The third-order valence-electron chi connectivity index (χ3n) is 4.59. The van der Waals surface area contributed by atoms with E-state index in [0.29, 0.717) is 22.5 Å². The molecule has 0 fully saturated rings. The van der Waals surface area contributed by atoms with Gasteiger partial charge in [-0.25, -0.2) is 4.98 Å². The third kappa shape index (κ3) is 5.43. The molecule has 31 heavy (non-hydrogen) atoms. The molecule has 0 aliphatic heterocycles. The van der Waals surface area contributed by atoms with Crippen molar-refractivity contribution in [2.45, 2.75) is 6.42 Å². The Morgan fingerprint density at radius 3 is 2.61 bits per heavy atom. The fourth-order valence-corrected chi connectivity index (χ4v) is 4.35. The van der Waals surface area contributed by atoms with Gasteiger partial charge in [-0.3, -0.25) is 9.69 Å². The molecule has 4 aromatic rings. The van der Waals surface area contributed by atoms with Gasteiger partial charge < -0.3 is 9.42 Å². The zero-order valence-corrected chi connectivity index (χ0v) is 19.5. The number of carbonyl (C=O) groups excluding carboxylic acids is 1. The molecule has 0 aliphatic carbocycles. The van der Waals surface area contributed by atoms with Crippen molar-refractivity contribution in [2.24, 2.45) is 0 Å². The van der Waals surface area contributed by atoms with Crippen LogP contribution in [0.3, 0.4) is 0 Å². The van der Waals surface area contributed by atoms with Gasteiger partial charge in [-0.15, -0.1) is 12.4 Å². The van der Waals surface area contributed by atoms with E-state index in [1.807, 2.05) is 56.6 Å². The minimum absolute atomic E-state index is 0. The number of benzene rings is 2. The molecule has 0 bridgehead atoms. The van der Waals surface area contributed by atoms with Crippen molar-refractivity contribution in [3.63, 3.8) is 0 Å². The number of amides is 1. The van der Waals surface area contributed by atoms with Crippen LogP contribution in [0.2, 0.25) is 5.02 Å². The van der Waals surface area contributed by atoms with Gasteiger partial charge in [-0.05, 0) is 45.3 Å². The predicted molar refractivity (Wildman–Crippen MR) is 129 cm³/mol. The quantitative estimate of drug-likeness (QED) is 0.346. The van der Waals surface area contributed by atoms with E-state index in [1.165, 1.54) is 11.3 Å². The molecule has 4 rings (SSSR count). The molecule has 2 aromatic carbocycles. The molecular weight excluding hydrogens is 455 g/mol. The van der Waals surface area contributed by atoms with Crippen molar-refractivity contribution in [1.82, 2.24) is 15.0 Å². The summed E-state index contributed by atoms with van der Waals surface area (Å²) in [7, 11) is 4.02. The molecule has 2 aromatic heterocycles. The summed E-state index contributed by atoms with van der Waals surface area (Å²) >= 11 is 7.56. The lowest BCUT2D eigenvalue weighted by Crippen LogP contribution is -2.33. The fourth-order valence-electron chi connectivity index (χ4n) is 3.08. The Bertz CT molecular complexity index is 1160. The molecule has 0 aliphatic rings. The van der Waals surface area contributed by atoms with Gasteiger partial charge in [-0.1, -0.05) is 58.4 Å². The number of carbonyl (C=O) groups is 1. The maximum atomic E-state index is 13.3. The van der Waals surface area contributed by atoms with Crippen LogP contribution in [0, 0.1) is 0 Å². The zero-order chi connectivity index (χ0) is 21.1. The second-order valence-electron chi connectivity index (χ2n) is 7.16. The van der Waals surface area contributed by atoms with Gasteiger partial charge in [0.15, 0.2) is 16.6 Å². The SMILES string of the molecule is CN(C)CCCN(C(=O)c1cc(-c2ccccc2)on1)c1nc2ccc(Cl)cc2s1.Cl. The van der Waals surface area contributed by atoms with Crippen molar-refractivity contribution in [3.8, 4) is 11.3 Å². The lowest BCUT2D eigenvalue weighted by molar-refractivity contribution is 0.0977. The highest BCUT2D eigenvalue weighted by molar-refractivity contribution is 7.22. The maximum Gasteiger partial charge on any atom is 0.282 e. The van der Waals surface area contributed by atoms with Crippen LogP contribution in [-0.4, -0.2) is 48.1 Å². The second kappa shape index (κ2) is 10.2. The Morgan fingerprint density at radius 1 is 1.10 bits per heavy atom. The van der Waals surface area contributed by atoms with Gasteiger partial charge in [0, 0.05) is 23.2 Å². The molecule has 0 unspecified atom stereocenters. The van der Waals surface area contributed by atoms with Gasteiger partial charge in [0.25, 0.3) is 5.91 Å². The average molecular weight is 477 g/mol. The number of thiazole rings is 1. The number of nitrogens with zero attached hydrogens (tertiary/aromatic N) is 4. The van der Waals surface area contributed by atoms with Crippen LogP contribution >= 0.6 is 35.3 Å². The number of rotatable bonds is 7. The van der Waals surface area contributed by atoms with Crippen LogP contribution in [-0.2, 0) is 0 Å². The Morgan fingerprint density at radius 2 is 1.87 bits per heavy atom. The topological polar surface area (TPSA) is 62.5 Å². The predicted octanol–water partition coefficient (Wildman–Crippen LogP) is 5.63. The molecule has 0 saturated carbocycles. The lowest BCUT2D eigenvalue weighted by Gasteiger charge is -2.19. The number of anilines is 1. The van der Waals surface area contributed by atoms with E-state index in [0.717, 1.165) is 28.7 Å². The molecule has 0 saturated heterocycles. The van der Waals surface area contributed by atoms with Gasteiger partial charge in [0.05, 0.1) is 10.2 Å². The fraction of sp³-hybridized carbons (Fsp3) is 0.227. The summed E-state index contributed by atoms with van der Waals surface area (Å²) in [4.78, 5) is 21.8. The Hall–Kier alpha value is -2.45. The number of halogens is 2. The molecule has 162 valence electrons. The zero-order valence-electron chi connectivity index (χ0n) is 17.1. The van der Waals surface area contributed by atoms with Crippen molar-refractivity contribution in [3.05, 3.63) is 65.3 Å². The van der Waals surface area contributed by atoms with Crippen molar-refractivity contribution >= 4 is 56.6 Å². The molecule has 0 N–H and O–H groups in total. The summed E-state index contributed by atoms with van der Waals surface area (Å²) in [6.45, 7) is 1.38. The third-order valence-corrected chi connectivity index (χ3v) is 5.87.